The van der Waals surface area contributed by atoms with Crippen LogP contribution >= 0.6 is 11.3 Å². The van der Waals surface area contributed by atoms with Gasteiger partial charge in [-0.3, -0.25) is 4.90 Å². The number of piperidine rings is 2. The van der Waals surface area contributed by atoms with Crippen LogP contribution in [0.1, 0.15) is 43.0 Å². The first kappa shape index (κ1) is 14.5. The second kappa shape index (κ2) is 7.03. The van der Waals surface area contributed by atoms with Gasteiger partial charge in [-0.15, -0.1) is 11.3 Å². The van der Waals surface area contributed by atoms with E-state index in [0.29, 0.717) is 6.04 Å². The third-order valence-electron chi connectivity index (χ3n) is 4.94. The summed E-state index contributed by atoms with van der Waals surface area (Å²) in [5.41, 5.74) is 6.03. The first-order valence-electron chi connectivity index (χ1n) is 8.10. The predicted octanol–water partition coefficient (Wildman–Crippen LogP) is 2.70. The molecule has 4 heteroatoms. The lowest BCUT2D eigenvalue weighted by Crippen LogP contribution is -2.48. The summed E-state index contributed by atoms with van der Waals surface area (Å²) in [4.78, 5) is 6.78. The van der Waals surface area contributed by atoms with E-state index < -0.39 is 0 Å². The Balaban J connectivity index is 1.54. The van der Waals surface area contributed by atoms with Crippen molar-refractivity contribution in [2.24, 2.45) is 5.73 Å². The Morgan fingerprint density at radius 1 is 1.15 bits per heavy atom. The molecule has 2 fully saturated rings. The molecule has 0 bridgehead atoms. The van der Waals surface area contributed by atoms with Gasteiger partial charge in [0.2, 0.25) is 0 Å². The zero-order valence-corrected chi connectivity index (χ0v) is 13.2. The summed E-state index contributed by atoms with van der Waals surface area (Å²) in [5.74, 6) is 0. The number of nitrogens with two attached hydrogens (primary N) is 1. The Morgan fingerprint density at radius 2 is 1.90 bits per heavy atom. The van der Waals surface area contributed by atoms with Crippen LogP contribution in [-0.4, -0.2) is 48.6 Å². The van der Waals surface area contributed by atoms with Crippen molar-refractivity contribution < 1.29 is 0 Å². The molecule has 0 aliphatic carbocycles. The standard InChI is InChI=1S/C16H27N3S/c17-13-15(16-5-4-12-20-16)19-10-6-14(7-11-19)18-8-2-1-3-9-18/h4-5,12,14-15H,1-3,6-11,13,17H2. The smallest absolute Gasteiger partial charge is 0.0564 e. The topological polar surface area (TPSA) is 32.5 Å². The van der Waals surface area contributed by atoms with Crippen molar-refractivity contribution in [3.05, 3.63) is 22.4 Å². The van der Waals surface area contributed by atoms with E-state index in [-0.39, 0.29) is 0 Å². The van der Waals surface area contributed by atoms with Crippen molar-refractivity contribution in [2.45, 2.75) is 44.2 Å². The SMILES string of the molecule is NCC(c1cccs1)N1CCC(N2CCCCC2)CC1. The van der Waals surface area contributed by atoms with Gasteiger partial charge in [0, 0.05) is 30.6 Å². The lowest BCUT2D eigenvalue weighted by molar-refractivity contribution is 0.0743. The molecule has 0 aromatic carbocycles. The second-order valence-corrected chi connectivity index (χ2v) is 7.11. The van der Waals surface area contributed by atoms with Crippen LogP contribution in [0.25, 0.3) is 0 Å². The summed E-state index contributed by atoms with van der Waals surface area (Å²) >= 11 is 1.85. The first-order valence-corrected chi connectivity index (χ1v) is 8.98. The third-order valence-corrected chi connectivity index (χ3v) is 5.92. The minimum atomic E-state index is 0.442. The Bertz CT molecular complexity index is 378. The summed E-state index contributed by atoms with van der Waals surface area (Å²) < 4.78 is 0. The molecule has 0 amide bonds. The molecule has 20 heavy (non-hydrogen) atoms. The second-order valence-electron chi connectivity index (χ2n) is 6.13. The maximum Gasteiger partial charge on any atom is 0.0564 e. The molecule has 1 aromatic rings. The first-order chi connectivity index (χ1) is 9.88. The molecule has 2 aliphatic rings. The van der Waals surface area contributed by atoms with Gasteiger partial charge < -0.3 is 10.6 Å². The molecule has 3 nitrogen and oxygen atoms in total. The van der Waals surface area contributed by atoms with Gasteiger partial charge in [-0.1, -0.05) is 12.5 Å². The van der Waals surface area contributed by atoms with E-state index in [1.54, 1.807) is 0 Å². The molecule has 2 aliphatic heterocycles. The van der Waals surface area contributed by atoms with E-state index in [0.717, 1.165) is 12.6 Å². The molecule has 3 heterocycles. The average Bonchev–Trinajstić information content (AvgIpc) is 3.04. The van der Waals surface area contributed by atoms with Gasteiger partial charge in [0.15, 0.2) is 0 Å². The van der Waals surface area contributed by atoms with Crippen LogP contribution in [0.4, 0.5) is 0 Å². The highest BCUT2D eigenvalue weighted by Gasteiger charge is 2.29. The number of hydrogen-bond acceptors (Lipinski definition) is 4. The number of likely N-dealkylation sites (tertiary alicyclic amines) is 2. The Hall–Kier alpha value is -0.420. The fourth-order valence-corrected chi connectivity index (χ4v) is 4.65. The van der Waals surface area contributed by atoms with E-state index in [4.69, 9.17) is 5.73 Å². The van der Waals surface area contributed by atoms with Gasteiger partial charge in [-0.2, -0.15) is 0 Å². The number of hydrogen-bond donors (Lipinski definition) is 1. The van der Waals surface area contributed by atoms with Crippen molar-refractivity contribution >= 4 is 11.3 Å². The van der Waals surface area contributed by atoms with Crippen molar-refractivity contribution in [3.8, 4) is 0 Å². The average molecular weight is 293 g/mol. The predicted molar refractivity (Wildman–Crippen MR) is 86.1 cm³/mol. The van der Waals surface area contributed by atoms with Gasteiger partial charge in [0.1, 0.15) is 0 Å². The van der Waals surface area contributed by atoms with Crippen molar-refractivity contribution in [1.29, 1.82) is 0 Å². The third kappa shape index (κ3) is 3.25. The summed E-state index contributed by atoms with van der Waals surface area (Å²) in [6.07, 6.45) is 6.88. The maximum atomic E-state index is 6.03. The Kier molecular flexibility index (Phi) is 5.10. The molecule has 1 atom stereocenters. The van der Waals surface area contributed by atoms with E-state index >= 15 is 0 Å². The maximum absolute atomic E-state index is 6.03. The van der Waals surface area contributed by atoms with Crippen molar-refractivity contribution in [3.63, 3.8) is 0 Å². The van der Waals surface area contributed by atoms with Gasteiger partial charge in [-0.05, 0) is 50.2 Å². The lowest BCUT2D eigenvalue weighted by atomic mass is 9.98. The number of nitrogens with zero attached hydrogens (tertiary/aromatic N) is 2. The Labute approximate surface area is 126 Å². The molecular weight excluding hydrogens is 266 g/mol. The molecule has 1 aromatic heterocycles. The summed E-state index contributed by atoms with van der Waals surface area (Å²) in [6.45, 7) is 5.82. The summed E-state index contributed by atoms with van der Waals surface area (Å²) in [5, 5.41) is 2.17. The van der Waals surface area contributed by atoms with Crippen LogP contribution in [0.15, 0.2) is 17.5 Å². The van der Waals surface area contributed by atoms with Crippen LogP contribution in [0.3, 0.4) is 0 Å². The van der Waals surface area contributed by atoms with Crippen LogP contribution < -0.4 is 5.73 Å². The molecule has 0 radical (unpaired) electrons. The highest BCUT2D eigenvalue weighted by molar-refractivity contribution is 7.10. The summed E-state index contributed by atoms with van der Waals surface area (Å²) in [7, 11) is 0. The van der Waals surface area contributed by atoms with E-state index in [1.165, 1.54) is 63.2 Å². The lowest BCUT2D eigenvalue weighted by Gasteiger charge is -2.42. The van der Waals surface area contributed by atoms with E-state index in [9.17, 15) is 0 Å². The van der Waals surface area contributed by atoms with Gasteiger partial charge >= 0.3 is 0 Å². The van der Waals surface area contributed by atoms with Gasteiger partial charge in [-0.25, -0.2) is 0 Å². The van der Waals surface area contributed by atoms with Crippen LogP contribution in [-0.2, 0) is 0 Å². The van der Waals surface area contributed by atoms with Crippen LogP contribution in [0.2, 0.25) is 0 Å². The van der Waals surface area contributed by atoms with Crippen LogP contribution in [0.5, 0.6) is 0 Å². The monoisotopic (exact) mass is 293 g/mol. The molecule has 0 saturated carbocycles. The van der Waals surface area contributed by atoms with E-state index in [2.05, 4.69) is 27.3 Å². The van der Waals surface area contributed by atoms with Crippen molar-refractivity contribution in [2.75, 3.05) is 32.7 Å². The highest BCUT2D eigenvalue weighted by atomic mass is 32.1. The number of rotatable bonds is 4. The van der Waals surface area contributed by atoms with Gasteiger partial charge in [0.25, 0.3) is 0 Å². The molecule has 3 rings (SSSR count). The Morgan fingerprint density at radius 3 is 2.50 bits per heavy atom. The largest absolute Gasteiger partial charge is 0.329 e. The molecule has 2 N–H and O–H groups in total. The zero-order valence-electron chi connectivity index (χ0n) is 12.3. The normalized spacial score (nSPS) is 24.9. The molecular formula is C16H27N3S. The molecule has 112 valence electrons. The minimum absolute atomic E-state index is 0.442. The quantitative estimate of drug-likeness (QED) is 0.926. The van der Waals surface area contributed by atoms with Gasteiger partial charge in [0.05, 0.1) is 6.04 Å². The molecule has 1 unspecified atom stereocenters. The van der Waals surface area contributed by atoms with Crippen molar-refractivity contribution in [1.82, 2.24) is 9.80 Å². The fourth-order valence-electron chi connectivity index (χ4n) is 3.77. The highest BCUT2D eigenvalue weighted by Crippen LogP contribution is 2.29. The fraction of sp³-hybridized carbons (Fsp3) is 0.750. The number of thiophene rings is 1. The van der Waals surface area contributed by atoms with E-state index in [1.807, 2.05) is 11.3 Å². The zero-order chi connectivity index (χ0) is 13.8. The minimum Gasteiger partial charge on any atom is -0.329 e. The molecule has 0 spiro atoms. The summed E-state index contributed by atoms with van der Waals surface area (Å²) in [6, 6.07) is 5.65. The molecule has 2 saturated heterocycles. The van der Waals surface area contributed by atoms with Crippen LogP contribution in [0, 0.1) is 0 Å².